The summed E-state index contributed by atoms with van der Waals surface area (Å²) in [6.45, 7) is 2.31. The van der Waals surface area contributed by atoms with E-state index in [0.29, 0.717) is 34.1 Å². The zero-order chi connectivity index (χ0) is 23.3. The highest BCUT2D eigenvalue weighted by atomic mass is 32.2. The fourth-order valence-corrected chi connectivity index (χ4v) is 5.91. The molecule has 0 saturated heterocycles. The van der Waals surface area contributed by atoms with E-state index in [1.165, 1.54) is 6.07 Å². The number of nitrogens with zero attached hydrogens (tertiary/aromatic N) is 1. The predicted octanol–water partition coefficient (Wildman–Crippen LogP) is 3.28. The van der Waals surface area contributed by atoms with Gasteiger partial charge in [0, 0.05) is 46.4 Å². The van der Waals surface area contributed by atoms with Crippen LogP contribution in [-0.4, -0.2) is 43.0 Å². The van der Waals surface area contributed by atoms with Crippen molar-refractivity contribution in [2.24, 2.45) is 0 Å². The van der Waals surface area contributed by atoms with Crippen molar-refractivity contribution in [3.8, 4) is 0 Å². The van der Waals surface area contributed by atoms with Crippen molar-refractivity contribution in [3.63, 3.8) is 0 Å². The lowest BCUT2D eigenvalue weighted by Gasteiger charge is -2.17. The first kappa shape index (κ1) is 21.2. The van der Waals surface area contributed by atoms with Crippen molar-refractivity contribution >= 4 is 49.3 Å². The first-order chi connectivity index (χ1) is 15.8. The number of anilines is 1. The number of fused-ring (bicyclic) bond motifs is 1. The van der Waals surface area contributed by atoms with Gasteiger partial charge in [-0.05, 0) is 36.8 Å². The van der Waals surface area contributed by atoms with Gasteiger partial charge in [0.2, 0.25) is 10.0 Å². The van der Waals surface area contributed by atoms with Crippen molar-refractivity contribution in [2.45, 2.75) is 24.3 Å². The number of carbonyl (C=O) groups is 2. The molecule has 0 radical (unpaired) electrons. The van der Waals surface area contributed by atoms with Gasteiger partial charge in [0.25, 0.3) is 5.91 Å². The first-order valence-corrected chi connectivity index (χ1v) is 12.0. The summed E-state index contributed by atoms with van der Waals surface area (Å²) in [6, 6.07) is 14.0. The highest BCUT2D eigenvalue weighted by molar-refractivity contribution is 7.89. The van der Waals surface area contributed by atoms with Crippen molar-refractivity contribution in [3.05, 3.63) is 71.9 Å². The lowest BCUT2D eigenvalue weighted by atomic mass is 10.1. The van der Waals surface area contributed by atoms with Crippen LogP contribution in [0.1, 0.15) is 22.8 Å². The zero-order valence-electron chi connectivity index (χ0n) is 17.7. The highest BCUT2D eigenvalue weighted by Gasteiger charge is 2.33. The molecule has 168 valence electrons. The van der Waals surface area contributed by atoms with E-state index < -0.39 is 22.0 Å². The summed E-state index contributed by atoms with van der Waals surface area (Å²) in [5.41, 5.74) is 2.64. The zero-order valence-corrected chi connectivity index (χ0v) is 18.5. The van der Waals surface area contributed by atoms with E-state index in [-0.39, 0.29) is 17.2 Å². The molecule has 33 heavy (non-hydrogen) atoms. The van der Waals surface area contributed by atoms with Gasteiger partial charge in [0.05, 0.1) is 10.6 Å². The number of nitrogens with one attached hydrogen (secondary N) is 2. The van der Waals surface area contributed by atoms with Crippen molar-refractivity contribution in [1.82, 2.24) is 9.71 Å². The van der Waals surface area contributed by atoms with Crippen LogP contribution in [0.25, 0.3) is 21.7 Å². The molecule has 1 atom stereocenters. The monoisotopic (exact) mass is 463 g/mol. The van der Waals surface area contributed by atoms with Gasteiger partial charge in [-0.15, -0.1) is 0 Å². The van der Waals surface area contributed by atoms with Gasteiger partial charge >= 0.3 is 5.97 Å². The molecule has 4 aromatic rings. The smallest absolute Gasteiger partial charge is 0.322 e. The van der Waals surface area contributed by atoms with Crippen molar-refractivity contribution in [1.29, 1.82) is 0 Å². The molecule has 9 heteroatoms. The number of carboxylic acid groups (broad SMARTS) is 1. The summed E-state index contributed by atoms with van der Waals surface area (Å²) >= 11 is 0. The lowest BCUT2D eigenvalue weighted by molar-refractivity contribution is -0.138. The van der Waals surface area contributed by atoms with Crippen LogP contribution in [0.4, 0.5) is 5.69 Å². The number of aromatic nitrogens is 1. The molecule has 5 rings (SSSR count). The Morgan fingerprint density at radius 3 is 2.61 bits per heavy atom. The van der Waals surface area contributed by atoms with E-state index in [9.17, 15) is 23.1 Å². The second kappa shape index (κ2) is 7.72. The van der Waals surface area contributed by atoms with E-state index in [4.69, 9.17) is 0 Å². The number of benzene rings is 3. The third-order valence-electron chi connectivity index (χ3n) is 6.05. The predicted molar refractivity (Wildman–Crippen MR) is 125 cm³/mol. The molecular weight excluding hydrogens is 442 g/mol. The summed E-state index contributed by atoms with van der Waals surface area (Å²) in [6.07, 6.45) is 1.67. The van der Waals surface area contributed by atoms with E-state index in [0.717, 1.165) is 10.9 Å². The Balaban J connectivity index is 1.54. The molecule has 0 spiro atoms. The van der Waals surface area contributed by atoms with Crippen LogP contribution in [0.15, 0.2) is 65.7 Å². The average molecular weight is 464 g/mol. The van der Waals surface area contributed by atoms with Crippen LogP contribution in [0.2, 0.25) is 0 Å². The fraction of sp³-hybridized carbons (Fsp3) is 0.167. The molecule has 1 aliphatic heterocycles. The maximum absolute atomic E-state index is 13.3. The average Bonchev–Trinajstić information content (AvgIpc) is 3.33. The van der Waals surface area contributed by atoms with Gasteiger partial charge < -0.3 is 15.0 Å². The number of aliphatic carboxylic acids is 1. The molecule has 0 unspecified atom stereocenters. The van der Waals surface area contributed by atoms with Crippen LogP contribution >= 0.6 is 0 Å². The second-order valence-corrected chi connectivity index (χ2v) is 9.62. The number of aromatic amines is 1. The van der Waals surface area contributed by atoms with Crippen LogP contribution < -0.4 is 9.62 Å². The van der Waals surface area contributed by atoms with Gasteiger partial charge in [-0.2, -0.15) is 4.72 Å². The van der Waals surface area contributed by atoms with E-state index in [1.54, 1.807) is 35.4 Å². The maximum Gasteiger partial charge on any atom is 0.322 e. The van der Waals surface area contributed by atoms with Gasteiger partial charge in [-0.3, -0.25) is 9.59 Å². The molecule has 0 fully saturated rings. The minimum Gasteiger partial charge on any atom is -0.480 e. The number of carbonyl (C=O) groups excluding carboxylic acids is 1. The number of H-pyrrole nitrogens is 1. The largest absolute Gasteiger partial charge is 0.480 e. The van der Waals surface area contributed by atoms with Crippen LogP contribution in [0.3, 0.4) is 0 Å². The number of para-hydroxylation sites is 1. The van der Waals surface area contributed by atoms with Crippen LogP contribution in [-0.2, 0) is 21.2 Å². The van der Waals surface area contributed by atoms with E-state index in [1.807, 2.05) is 31.2 Å². The Bertz CT molecular complexity index is 1540. The Kier molecular flexibility index (Phi) is 4.95. The lowest BCUT2D eigenvalue weighted by Crippen LogP contribution is -2.42. The fourth-order valence-electron chi connectivity index (χ4n) is 4.52. The molecule has 0 aliphatic carbocycles. The number of sulfonamides is 1. The topological polar surface area (TPSA) is 120 Å². The van der Waals surface area contributed by atoms with Crippen LogP contribution in [0.5, 0.6) is 0 Å². The molecule has 0 saturated carbocycles. The third kappa shape index (κ3) is 3.37. The number of rotatable bonds is 7. The molecule has 1 aliphatic rings. The van der Waals surface area contributed by atoms with Crippen molar-refractivity contribution < 1.29 is 23.1 Å². The minimum atomic E-state index is -4.21. The summed E-state index contributed by atoms with van der Waals surface area (Å²) in [5.74, 6) is -1.45. The summed E-state index contributed by atoms with van der Waals surface area (Å²) < 4.78 is 29.1. The van der Waals surface area contributed by atoms with Gasteiger partial charge in [-0.25, -0.2) is 8.42 Å². The quantitative estimate of drug-likeness (QED) is 0.389. The maximum atomic E-state index is 13.3. The molecule has 1 amide bonds. The third-order valence-corrected chi connectivity index (χ3v) is 7.58. The number of carboxylic acids is 1. The van der Waals surface area contributed by atoms with Gasteiger partial charge in [0.15, 0.2) is 0 Å². The van der Waals surface area contributed by atoms with Gasteiger partial charge in [0.1, 0.15) is 6.04 Å². The second-order valence-electron chi connectivity index (χ2n) is 7.94. The SMILES string of the molecule is CCN1C(=O)c2cccc3c(S(=O)(=O)N[C@H](Cc4c[nH]c5ccccc45)C(=O)O)ccc1c23. The number of hydrogen-bond acceptors (Lipinski definition) is 4. The molecule has 3 N–H and O–H groups in total. The Labute approximate surface area is 189 Å². The molecule has 8 nitrogen and oxygen atoms in total. The Morgan fingerprint density at radius 1 is 1.09 bits per heavy atom. The first-order valence-electron chi connectivity index (χ1n) is 10.5. The minimum absolute atomic E-state index is 0.0259. The van der Waals surface area contributed by atoms with Crippen molar-refractivity contribution in [2.75, 3.05) is 11.4 Å². The summed E-state index contributed by atoms with van der Waals surface area (Å²) in [4.78, 5) is 29.3. The van der Waals surface area contributed by atoms with Gasteiger partial charge in [-0.1, -0.05) is 30.3 Å². The molecule has 3 aromatic carbocycles. The number of hydrogen-bond donors (Lipinski definition) is 3. The molecule has 2 heterocycles. The Morgan fingerprint density at radius 2 is 1.85 bits per heavy atom. The number of amides is 1. The van der Waals surface area contributed by atoms with E-state index in [2.05, 4.69) is 9.71 Å². The normalized spacial score (nSPS) is 14.3. The molecule has 1 aromatic heterocycles. The molecular formula is C24H21N3O5S. The highest BCUT2D eigenvalue weighted by Crippen LogP contribution is 2.40. The summed E-state index contributed by atoms with van der Waals surface area (Å²) in [5, 5.41) is 11.6. The Hall–Kier alpha value is -3.69. The molecule has 0 bridgehead atoms. The van der Waals surface area contributed by atoms with E-state index >= 15 is 0 Å². The van der Waals surface area contributed by atoms with Crippen LogP contribution in [0, 0.1) is 0 Å². The summed E-state index contributed by atoms with van der Waals surface area (Å²) in [7, 11) is -4.21. The standard InChI is InChI=1S/C24H21N3O5S/c1-2-27-20-10-11-21(16-7-5-8-17(22(16)20)23(27)28)33(31,32)26-19(24(29)30)12-14-13-25-18-9-4-3-6-15(14)18/h3-11,13,19,25-26H,2,12H2,1H3,(H,29,30)/t19-/m1/s1.